The fourth-order valence-corrected chi connectivity index (χ4v) is 3.24. The molecule has 0 radical (unpaired) electrons. The Kier molecular flexibility index (Phi) is 5.04. The number of fused-ring (bicyclic) bond motifs is 1. The standard InChI is InChI=1S/C19H15ClFNO4/c1-26-17(23)9-7-12-14-10-11(21)6-8-16(14)22(18(12)24)19(25)13-4-2-3-5-15(13)20/h2-6,8,10,12H,7,9H2,1H3. The molecule has 26 heavy (non-hydrogen) atoms. The first kappa shape index (κ1) is 18.1. The molecule has 1 aliphatic rings. The molecular formula is C19H15ClFNO4. The summed E-state index contributed by atoms with van der Waals surface area (Å²) < 4.78 is 18.3. The maximum Gasteiger partial charge on any atom is 0.305 e. The van der Waals surface area contributed by atoms with Gasteiger partial charge in [0.25, 0.3) is 5.91 Å². The van der Waals surface area contributed by atoms with Crippen molar-refractivity contribution in [2.45, 2.75) is 18.8 Å². The van der Waals surface area contributed by atoms with Gasteiger partial charge in [0.15, 0.2) is 0 Å². The summed E-state index contributed by atoms with van der Waals surface area (Å²) in [6.07, 6.45) is 0.102. The Bertz CT molecular complexity index is 899. The molecule has 3 rings (SSSR count). The van der Waals surface area contributed by atoms with E-state index in [-0.39, 0.29) is 23.4 Å². The highest BCUT2D eigenvalue weighted by molar-refractivity contribution is 6.36. The first-order chi connectivity index (χ1) is 12.4. The number of carbonyl (C=O) groups is 3. The van der Waals surface area contributed by atoms with E-state index in [9.17, 15) is 18.8 Å². The second kappa shape index (κ2) is 7.25. The summed E-state index contributed by atoms with van der Waals surface area (Å²) in [6, 6.07) is 10.2. The van der Waals surface area contributed by atoms with Crippen molar-refractivity contribution in [3.05, 3.63) is 64.4 Å². The van der Waals surface area contributed by atoms with Gasteiger partial charge in [0.1, 0.15) is 5.82 Å². The summed E-state index contributed by atoms with van der Waals surface area (Å²) in [5, 5.41) is 0.215. The molecule has 0 bridgehead atoms. The smallest absolute Gasteiger partial charge is 0.305 e. The van der Waals surface area contributed by atoms with Crippen molar-refractivity contribution in [2.24, 2.45) is 0 Å². The van der Waals surface area contributed by atoms with Gasteiger partial charge in [-0.1, -0.05) is 23.7 Å². The zero-order valence-corrected chi connectivity index (χ0v) is 14.6. The average molecular weight is 376 g/mol. The second-order valence-corrected chi connectivity index (χ2v) is 6.24. The second-order valence-electron chi connectivity index (χ2n) is 5.83. The Hall–Kier alpha value is -2.73. The van der Waals surface area contributed by atoms with E-state index in [1.54, 1.807) is 18.2 Å². The predicted octanol–water partition coefficient (Wildman–Crippen LogP) is 3.70. The molecule has 2 aromatic rings. The van der Waals surface area contributed by atoms with Crippen LogP contribution >= 0.6 is 11.6 Å². The molecule has 2 aromatic carbocycles. The van der Waals surface area contributed by atoms with Crippen molar-refractivity contribution in [2.75, 3.05) is 12.0 Å². The van der Waals surface area contributed by atoms with Crippen molar-refractivity contribution in [3.8, 4) is 0 Å². The molecule has 1 heterocycles. The van der Waals surface area contributed by atoms with E-state index in [0.717, 1.165) is 4.90 Å². The molecule has 5 nitrogen and oxygen atoms in total. The topological polar surface area (TPSA) is 63.7 Å². The fraction of sp³-hybridized carbons (Fsp3) is 0.211. The number of anilines is 1. The van der Waals surface area contributed by atoms with Crippen molar-refractivity contribution in [1.29, 1.82) is 0 Å². The molecule has 0 aliphatic carbocycles. The minimum Gasteiger partial charge on any atom is -0.469 e. The van der Waals surface area contributed by atoms with Gasteiger partial charge in [-0.25, -0.2) is 9.29 Å². The molecular weight excluding hydrogens is 361 g/mol. The molecule has 0 N–H and O–H groups in total. The Morgan fingerprint density at radius 2 is 1.96 bits per heavy atom. The van der Waals surface area contributed by atoms with Gasteiger partial charge in [-0.3, -0.25) is 14.4 Å². The van der Waals surface area contributed by atoms with Crippen LogP contribution in [0.2, 0.25) is 5.02 Å². The summed E-state index contributed by atoms with van der Waals surface area (Å²) in [7, 11) is 1.25. The third kappa shape index (κ3) is 3.20. The molecule has 7 heteroatoms. The van der Waals surface area contributed by atoms with Crippen LogP contribution in [0.25, 0.3) is 0 Å². The quantitative estimate of drug-likeness (QED) is 0.603. The lowest BCUT2D eigenvalue weighted by atomic mass is 9.95. The third-order valence-electron chi connectivity index (χ3n) is 4.30. The van der Waals surface area contributed by atoms with Crippen LogP contribution in [0.15, 0.2) is 42.5 Å². The first-order valence-corrected chi connectivity index (χ1v) is 8.31. The van der Waals surface area contributed by atoms with Gasteiger partial charge < -0.3 is 4.74 Å². The number of rotatable bonds is 4. The summed E-state index contributed by atoms with van der Waals surface area (Å²) in [5.74, 6) is -2.90. The first-order valence-electron chi connectivity index (χ1n) is 7.93. The largest absolute Gasteiger partial charge is 0.469 e. The van der Waals surface area contributed by atoms with Crippen LogP contribution in [0.1, 0.15) is 34.7 Å². The molecule has 1 aliphatic heterocycles. The molecule has 134 valence electrons. The van der Waals surface area contributed by atoms with Gasteiger partial charge in [0, 0.05) is 6.42 Å². The lowest BCUT2D eigenvalue weighted by Crippen LogP contribution is -2.35. The monoisotopic (exact) mass is 375 g/mol. The highest BCUT2D eigenvalue weighted by Gasteiger charge is 2.41. The highest BCUT2D eigenvalue weighted by atomic mass is 35.5. The molecule has 0 saturated carbocycles. The zero-order valence-electron chi connectivity index (χ0n) is 13.9. The molecule has 0 spiro atoms. The van der Waals surface area contributed by atoms with Crippen molar-refractivity contribution >= 4 is 35.1 Å². The number of imide groups is 1. The van der Waals surface area contributed by atoms with Gasteiger partial charge in [-0.05, 0) is 42.3 Å². The van der Waals surface area contributed by atoms with Crippen molar-refractivity contribution in [3.63, 3.8) is 0 Å². The Morgan fingerprint density at radius 3 is 2.65 bits per heavy atom. The summed E-state index contributed by atoms with van der Waals surface area (Å²) in [4.78, 5) is 38.2. The predicted molar refractivity (Wildman–Crippen MR) is 93.7 cm³/mol. The van der Waals surface area contributed by atoms with Crippen LogP contribution in [-0.4, -0.2) is 24.9 Å². The normalized spacial score (nSPS) is 15.7. The number of carbonyl (C=O) groups excluding carboxylic acids is 3. The number of esters is 1. The van der Waals surface area contributed by atoms with E-state index in [1.165, 1.54) is 31.4 Å². The maximum atomic E-state index is 13.7. The highest BCUT2D eigenvalue weighted by Crippen LogP contribution is 2.41. The van der Waals surface area contributed by atoms with Gasteiger partial charge in [0.2, 0.25) is 5.91 Å². The minimum atomic E-state index is -0.800. The number of nitrogens with zero attached hydrogens (tertiary/aromatic N) is 1. The molecule has 0 saturated heterocycles. The Morgan fingerprint density at radius 1 is 1.23 bits per heavy atom. The lowest BCUT2D eigenvalue weighted by molar-refractivity contribution is -0.140. The summed E-state index contributed by atoms with van der Waals surface area (Å²) in [5.41, 5.74) is 0.849. The van der Waals surface area contributed by atoms with E-state index in [1.807, 2.05) is 0 Å². The Labute approximate surface area is 154 Å². The molecule has 1 unspecified atom stereocenters. The number of ether oxygens (including phenoxy) is 1. The van der Waals surface area contributed by atoms with E-state index in [2.05, 4.69) is 4.74 Å². The Balaban J connectivity index is 2.00. The lowest BCUT2D eigenvalue weighted by Gasteiger charge is -2.17. The van der Waals surface area contributed by atoms with Crippen LogP contribution in [0.5, 0.6) is 0 Å². The number of hydrogen-bond acceptors (Lipinski definition) is 4. The number of benzene rings is 2. The van der Waals surface area contributed by atoms with E-state index in [0.29, 0.717) is 11.3 Å². The van der Waals surface area contributed by atoms with Crippen LogP contribution in [-0.2, 0) is 14.3 Å². The fourth-order valence-electron chi connectivity index (χ4n) is 3.02. The number of hydrogen-bond donors (Lipinski definition) is 0. The SMILES string of the molecule is COC(=O)CCC1C(=O)N(C(=O)c2ccccc2Cl)c2ccc(F)cc21. The van der Waals surface area contributed by atoms with E-state index < -0.39 is 29.5 Å². The number of halogens is 2. The van der Waals surface area contributed by atoms with Crippen molar-refractivity contribution < 1.29 is 23.5 Å². The van der Waals surface area contributed by atoms with Crippen LogP contribution < -0.4 is 4.90 Å². The number of amides is 2. The van der Waals surface area contributed by atoms with Crippen LogP contribution in [0, 0.1) is 5.82 Å². The minimum absolute atomic E-state index is 0.0169. The molecule has 0 fully saturated rings. The van der Waals surface area contributed by atoms with E-state index >= 15 is 0 Å². The zero-order chi connectivity index (χ0) is 18.8. The molecule has 0 aromatic heterocycles. The molecule has 2 amide bonds. The van der Waals surface area contributed by atoms with E-state index in [4.69, 9.17) is 11.6 Å². The third-order valence-corrected chi connectivity index (χ3v) is 4.63. The number of methoxy groups -OCH3 is 1. The molecule has 1 atom stereocenters. The summed E-state index contributed by atoms with van der Waals surface area (Å²) >= 11 is 6.08. The van der Waals surface area contributed by atoms with Gasteiger partial charge in [-0.15, -0.1) is 0 Å². The average Bonchev–Trinajstić information content (AvgIpc) is 2.90. The van der Waals surface area contributed by atoms with Crippen LogP contribution in [0.3, 0.4) is 0 Å². The van der Waals surface area contributed by atoms with Gasteiger partial charge >= 0.3 is 5.97 Å². The van der Waals surface area contributed by atoms with Crippen LogP contribution in [0.4, 0.5) is 10.1 Å². The van der Waals surface area contributed by atoms with Gasteiger partial charge in [0.05, 0.1) is 29.3 Å². The summed E-state index contributed by atoms with van der Waals surface area (Å²) in [6.45, 7) is 0. The van der Waals surface area contributed by atoms with Gasteiger partial charge in [-0.2, -0.15) is 0 Å². The van der Waals surface area contributed by atoms with Crippen molar-refractivity contribution in [1.82, 2.24) is 0 Å². The maximum absolute atomic E-state index is 13.7.